The summed E-state index contributed by atoms with van der Waals surface area (Å²) in [6.07, 6.45) is 3.77. The monoisotopic (exact) mass is 313 g/mol. The second-order valence-corrected chi connectivity index (χ2v) is 6.88. The summed E-state index contributed by atoms with van der Waals surface area (Å²) in [5, 5.41) is 1.19. The number of fused-ring (bicyclic) bond motifs is 1. The lowest BCUT2D eigenvalue weighted by atomic mass is 9.99. The molecule has 1 aliphatic rings. The van der Waals surface area contributed by atoms with Crippen molar-refractivity contribution in [1.29, 1.82) is 0 Å². The highest BCUT2D eigenvalue weighted by molar-refractivity contribution is 5.92. The molecule has 23 heavy (non-hydrogen) atoms. The van der Waals surface area contributed by atoms with Gasteiger partial charge in [-0.15, -0.1) is 0 Å². The lowest BCUT2D eigenvalue weighted by Crippen LogP contribution is -2.48. The van der Waals surface area contributed by atoms with Crippen LogP contribution in [0, 0.1) is 20.8 Å². The molecular formula is C19H27N3O. The van der Waals surface area contributed by atoms with E-state index >= 15 is 0 Å². The van der Waals surface area contributed by atoms with E-state index < -0.39 is 0 Å². The molecule has 1 fully saturated rings. The van der Waals surface area contributed by atoms with Gasteiger partial charge in [-0.3, -0.25) is 4.79 Å². The Kier molecular flexibility index (Phi) is 4.44. The van der Waals surface area contributed by atoms with Gasteiger partial charge in [-0.1, -0.05) is 11.6 Å². The molecule has 1 unspecified atom stereocenters. The van der Waals surface area contributed by atoms with Crippen molar-refractivity contribution >= 4 is 16.8 Å². The quantitative estimate of drug-likeness (QED) is 0.915. The fourth-order valence-electron chi connectivity index (χ4n) is 3.89. The van der Waals surface area contributed by atoms with Crippen LogP contribution in [0.25, 0.3) is 10.9 Å². The zero-order valence-electron chi connectivity index (χ0n) is 14.4. The van der Waals surface area contributed by atoms with E-state index in [9.17, 15) is 4.79 Å². The van der Waals surface area contributed by atoms with Gasteiger partial charge in [0.15, 0.2) is 0 Å². The molecule has 0 spiro atoms. The number of nitrogens with two attached hydrogens (primary N) is 1. The Labute approximate surface area is 138 Å². The third kappa shape index (κ3) is 3.00. The first-order chi connectivity index (χ1) is 11.0. The zero-order chi connectivity index (χ0) is 16.6. The summed E-state index contributed by atoms with van der Waals surface area (Å²) in [5.74, 6) is 0.211. The number of H-pyrrole nitrogens is 1. The van der Waals surface area contributed by atoms with Crippen molar-refractivity contribution in [3.63, 3.8) is 0 Å². The Morgan fingerprint density at radius 3 is 2.83 bits per heavy atom. The number of aryl methyl sites for hydroxylation is 3. The summed E-state index contributed by atoms with van der Waals surface area (Å²) in [4.78, 5) is 18.3. The number of nitrogens with zero attached hydrogens (tertiary/aromatic N) is 1. The number of carbonyl (C=O) groups is 1. The Hall–Kier alpha value is -1.81. The third-order valence-corrected chi connectivity index (χ3v) is 5.12. The molecule has 0 bridgehead atoms. The van der Waals surface area contributed by atoms with Crippen LogP contribution < -0.4 is 5.73 Å². The van der Waals surface area contributed by atoms with E-state index in [0.29, 0.717) is 13.0 Å². The van der Waals surface area contributed by atoms with Gasteiger partial charge in [0, 0.05) is 35.7 Å². The van der Waals surface area contributed by atoms with Crippen LogP contribution in [0.1, 0.15) is 41.6 Å². The van der Waals surface area contributed by atoms with Gasteiger partial charge in [0.25, 0.3) is 0 Å². The Bertz CT molecular complexity index is 732. The number of benzene rings is 1. The molecule has 0 saturated carbocycles. The number of piperidine rings is 1. The second kappa shape index (κ2) is 6.36. The van der Waals surface area contributed by atoms with Crippen molar-refractivity contribution in [3.8, 4) is 0 Å². The molecule has 1 aromatic heterocycles. The van der Waals surface area contributed by atoms with E-state index in [1.54, 1.807) is 0 Å². The molecule has 2 heterocycles. The standard InChI is InChI=1S/C19H27N3O/c1-12-8-13(2)19-17(9-12)16(14(3)21-19)10-18(23)22-7-5-4-6-15(22)11-20/h8-9,15,21H,4-7,10-11,20H2,1-3H3. The van der Waals surface area contributed by atoms with E-state index in [0.717, 1.165) is 36.2 Å². The van der Waals surface area contributed by atoms with Gasteiger partial charge in [0.2, 0.25) is 5.91 Å². The number of nitrogens with one attached hydrogen (secondary N) is 1. The fourth-order valence-corrected chi connectivity index (χ4v) is 3.89. The number of carbonyl (C=O) groups excluding carboxylic acids is 1. The molecule has 124 valence electrons. The topological polar surface area (TPSA) is 62.1 Å². The highest BCUT2D eigenvalue weighted by Crippen LogP contribution is 2.28. The van der Waals surface area contributed by atoms with Crippen molar-refractivity contribution in [2.24, 2.45) is 5.73 Å². The predicted molar refractivity (Wildman–Crippen MR) is 94.6 cm³/mol. The molecule has 2 aromatic rings. The third-order valence-electron chi connectivity index (χ3n) is 5.12. The molecule has 1 aromatic carbocycles. The smallest absolute Gasteiger partial charge is 0.227 e. The van der Waals surface area contributed by atoms with Crippen molar-refractivity contribution < 1.29 is 4.79 Å². The summed E-state index contributed by atoms with van der Waals surface area (Å²) in [6.45, 7) is 7.70. The van der Waals surface area contributed by atoms with E-state index in [-0.39, 0.29) is 11.9 Å². The van der Waals surface area contributed by atoms with Crippen molar-refractivity contribution in [2.45, 2.75) is 52.5 Å². The number of likely N-dealkylation sites (tertiary alicyclic amines) is 1. The molecular weight excluding hydrogens is 286 g/mol. The number of aromatic nitrogens is 1. The van der Waals surface area contributed by atoms with Crippen LogP contribution in [0.15, 0.2) is 12.1 Å². The van der Waals surface area contributed by atoms with Crippen LogP contribution in [0.5, 0.6) is 0 Å². The Balaban J connectivity index is 1.92. The van der Waals surface area contributed by atoms with Gasteiger partial charge in [0.1, 0.15) is 0 Å². The minimum absolute atomic E-state index is 0.211. The molecule has 3 rings (SSSR count). The average Bonchev–Trinajstić information content (AvgIpc) is 2.84. The molecule has 3 N–H and O–H groups in total. The molecule has 4 nitrogen and oxygen atoms in total. The molecule has 1 saturated heterocycles. The van der Waals surface area contributed by atoms with Gasteiger partial charge in [0.05, 0.1) is 6.42 Å². The summed E-state index contributed by atoms with van der Waals surface area (Å²) in [6, 6.07) is 4.58. The van der Waals surface area contributed by atoms with Crippen molar-refractivity contribution in [2.75, 3.05) is 13.1 Å². The summed E-state index contributed by atoms with van der Waals surface area (Å²) in [7, 11) is 0. The van der Waals surface area contributed by atoms with Gasteiger partial charge < -0.3 is 15.6 Å². The fraction of sp³-hybridized carbons (Fsp3) is 0.526. The van der Waals surface area contributed by atoms with Crippen LogP contribution in [0.3, 0.4) is 0 Å². The normalized spacial score (nSPS) is 18.6. The maximum atomic E-state index is 12.9. The minimum atomic E-state index is 0.211. The van der Waals surface area contributed by atoms with E-state index in [1.807, 2.05) is 4.90 Å². The molecule has 0 aliphatic carbocycles. The highest BCUT2D eigenvalue weighted by atomic mass is 16.2. The minimum Gasteiger partial charge on any atom is -0.358 e. The lowest BCUT2D eigenvalue weighted by Gasteiger charge is -2.35. The largest absolute Gasteiger partial charge is 0.358 e. The SMILES string of the molecule is Cc1cc(C)c2[nH]c(C)c(CC(=O)N3CCCCC3CN)c2c1. The Morgan fingerprint density at radius 2 is 2.09 bits per heavy atom. The first kappa shape index (κ1) is 16.1. The molecule has 1 aliphatic heterocycles. The van der Waals surface area contributed by atoms with Crippen LogP contribution in [0.4, 0.5) is 0 Å². The number of rotatable bonds is 3. The maximum Gasteiger partial charge on any atom is 0.227 e. The van der Waals surface area contributed by atoms with Crippen LogP contribution in [0.2, 0.25) is 0 Å². The van der Waals surface area contributed by atoms with Gasteiger partial charge in [-0.05, 0) is 57.2 Å². The molecule has 1 amide bonds. The average molecular weight is 313 g/mol. The summed E-state index contributed by atoms with van der Waals surface area (Å²) in [5.41, 5.74) is 11.7. The molecule has 1 atom stereocenters. The van der Waals surface area contributed by atoms with E-state index in [1.165, 1.54) is 22.9 Å². The Morgan fingerprint density at radius 1 is 1.30 bits per heavy atom. The second-order valence-electron chi connectivity index (χ2n) is 6.88. The van der Waals surface area contributed by atoms with Crippen molar-refractivity contribution in [3.05, 3.63) is 34.5 Å². The number of amides is 1. The van der Waals surface area contributed by atoms with Crippen LogP contribution >= 0.6 is 0 Å². The first-order valence-electron chi connectivity index (χ1n) is 8.59. The summed E-state index contributed by atoms with van der Waals surface area (Å²) >= 11 is 0. The van der Waals surface area contributed by atoms with Crippen LogP contribution in [-0.2, 0) is 11.2 Å². The highest BCUT2D eigenvalue weighted by Gasteiger charge is 2.26. The zero-order valence-corrected chi connectivity index (χ0v) is 14.4. The first-order valence-corrected chi connectivity index (χ1v) is 8.59. The van der Waals surface area contributed by atoms with Gasteiger partial charge in [-0.2, -0.15) is 0 Å². The molecule has 4 heteroatoms. The summed E-state index contributed by atoms with van der Waals surface area (Å²) < 4.78 is 0. The predicted octanol–water partition coefficient (Wildman–Crippen LogP) is 2.98. The number of hydrogen-bond donors (Lipinski definition) is 2. The van der Waals surface area contributed by atoms with Gasteiger partial charge in [-0.25, -0.2) is 0 Å². The van der Waals surface area contributed by atoms with E-state index in [2.05, 4.69) is 37.9 Å². The van der Waals surface area contributed by atoms with Crippen LogP contribution in [-0.4, -0.2) is 34.9 Å². The number of aromatic amines is 1. The van der Waals surface area contributed by atoms with E-state index in [4.69, 9.17) is 5.73 Å². The maximum absolute atomic E-state index is 12.9. The number of hydrogen-bond acceptors (Lipinski definition) is 2. The lowest BCUT2D eigenvalue weighted by molar-refractivity contribution is -0.133. The van der Waals surface area contributed by atoms with Crippen molar-refractivity contribution in [1.82, 2.24) is 9.88 Å². The van der Waals surface area contributed by atoms with Gasteiger partial charge >= 0.3 is 0 Å². The molecule has 0 radical (unpaired) electrons.